The molecule has 1 heterocycles. The molecule has 1 aliphatic rings. The van der Waals surface area contributed by atoms with E-state index < -0.39 is 37.0 Å². The summed E-state index contributed by atoms with van der Waals surface area (Å²) in [6, 6.07) is 58.3. The normalized spacial score (nSPS) is 11.7. The topological polar surface area (TPSA) is 0 Å². The van der Waals surface area contributed by atoms with Gasteiger partial charge in [-0.1, -0.05) is 157 Å². The van der Waals surface area contributed by atoms with Gasteiger partial charge in [-0.15, -0.1) is 73.9 Å². The third kappa shape index (κ3) is 9.84. The summed E-state index contributed by atoms with van der Waals surface area (Å²) in [5.41, 5.74) is 10.9. The third-order valence-electron chi connectivity index (χ3n) is 10.4. The Kier molecular flexibility index (Phi) is 14.0. The summed E-state index contributed by atoms with van der Waals surface area (Å²) >= 11 is -0.826. The van der Waals surface area contributed by atoms with Gasteiger partial charge < -0.3 is 0 Å². The molecule has 0 amide bonds. The number of fused-ring (bicyclic) bond motifs is 5. The Morgan fingerprint density at radius 3 is 1.43 bits per heavy atom. The largest absolute Gasteiger partial charge is 0.184 e. The summed E-state index contributed by atoms with van der Waals surface area (Å²) in [5, 5.41) is 11.5. The number of hydrogen-bond donors (Lipinski definition) is 0. The van der Waals surface area contributed by atoms with Crippen molar-refractivity contribution >= 4 is 85.0 Å². The zero-order valence-electron chi connectivity index (χ0n) is 33.7. The molecular weight excluding hydrogens is 847 g/mol. The Bertz CT molecular complexity index is 2360. The first kappa shape index (κ1) is 42.3. The number of rotatable bonds is 4. The first-order chi connectivity index (χ1) is 26.8. The van der Waals surface area contributed by atoms with Gasteiger partial charge in [0.05, 0.1) is 25.7 Å². The van der Waals surface area contributed by atoms with Crippen LogP contribution in [-0.4, -0.2) is 25.7 Å². The summed E-state index contributed by atoms with van der Waals surface area (Å²) < 4.78 is 0. The molecule has 0 spiro atoms. The summed E-state index contributed by atoms with van der Waals surface area (Å²) in [6.07, 6.45) is 0. The van der Waals surface area contributed by atoms with Crippen molar-refractivity contribution in [1.29, 1.82) is 0 Å². The molecule has 8 aromatic rings. The van der Waals surface area contributed by atoms with Gasteiger partial charge in [-0.3, -0.25) is 0 Å². The van der Waals surface area contributed by atoms with Crippen LogP contribution in [0, 0.1) is 19.9 Å². The molecule has 282 valence electrons. The third-order valence-corrected chi connectivity index (χ3v) is 15.8. The monoisotopic (exact) mass is 893 g/mol. The molecular formula is C50H49Cl2Si3Zr-3. The van der Waals surface area contributed by atoms with Crippen LogP contribution in [0.3, 0.4) is 0 Å². The Hall–Kier alpha value is -3.35. The molecule has 0 nitrogen and oxygen atoms in total. The van der Waals surface area contributed by atoms with E-state index in [0.717, 1.165) is 9.52 Å². The smallest absolute Gasteiger partial charge is 0.0920 e. The molecule has 0 atom stereocenters. The molecule has 0 saturated carbocycles. The van der Waals surface area contributed by atoms with E-state index in [1.807, 2.05) is 6.07 Å². The predicted molar refractivity (Wildman–Crippen MR) is 253 cm³/mol. The van der Waals surface area contributed by atoms with Crippen molar-refractivity contribution < 1.29 is 20.8 Å². The fourth-order valence-electron chi connectivity index (χ4n) is 7.35. The van der Waals surface area contributed by atoms with Crippen LogP contribution >= 0.6 is 17.0 Å². The molecule has 9 rings (SSSR count). The van der Waals surface area contributed by atoms with Gasteiger partial charge in [-0.05, 0) is 25.0 Å². The maximum absolute atomic E-state index is 4.93. The Morgan fingerprint density at radius 1 is 0.536 bits per heavy atom. The van der Waals surface area contributed by atoms with E-state index in [1.54, 1.807) is 10.4 Å². The Balaban J connectivity index is 0.000000140. The standard InChI is InChI=1S/2C19H21Si.C12H7Si.2ClH.Zr/c2*1-14-10-11-16-12-17(20(2,3)4)13-18(16)19(14)15-8-6-5-7-9-15;1-3-7-11-9(5-1)10-6-2-4-8-12(10)13-11;;;/h2*5-13H,1-4H3;1-7H;2*1H;/q3*-1;;;+2/p-2. The van der Waals surface area contributed by atoms with E-state index in [9.17, 15) is 0 Å². The fourth-order valence-corrected chi connectivity index (χ4v) is 11.0. The van der Waals surface area contributed by atoms with E-state index in [2.05, 4.69) is 205 Å². The van der Waals surface area contributed by atoms with Crippen LogP contribution in [0.4, 0.5) is 0 Å². The predicted octanol–water partition coefficient (Wildman–Crippen LogP) is 12.7. The van der Waals surface area contributed by atoms with Crippen LogP contribution in [0.15, 0.2) is 152 Å². The summed E-state index contributed by atoms with van der Waals surface area (Å²) in [6.45, 7) is 18.9. The fraction of sp³-hybridized carbons (Fsp3) is 0.160. The minimum atomic E-state index is -1.26. The van der Waals surface area contributed by atoms with Crippen LogP contribution in [0.25, 0.3) is 54.9 Å². The maximum Gasteiger partial charge on any atom is 0.0920 e. The molecule has 8 aromatic carbocycles. The minimum Gasteiger partial charge on any atom is -0.184 e. The number of hydrogen-bond acceptors (Lipinski definition) is 0. The van der Waals surface area contributed by atoms with Gasteiger partial charge in [0.2, 0.25) is 0 Å². The molecule has 56 heavy (non-hydrogen) atoms. The van der Waals surface area contributed by atoms with E-state index in [4.69, 9.17) is 17.0 Å². The van der Waals surface area contributed by atoms with Crippen LogP contribution in [-0.2, 0) is 20.8 Å². The van der Waals surface area contributed by atoms with E-state index in [0.29, 0.717) is 0 Å². The van der Waals surface area contributed by atoms with Gasteiger partial charge in [0.15, 0.2) is 0 Å². The average molecular weight is 896 g/mol. The molecule has 6 heteroatoms. The summed E-state index contributed by atoms with van der Waals surface area (Å²) in [4.78, 5) is 0. The SMILES string of the molecule is Cc1ccc2[cH-]c([Si](C)(C)C)cc2c1-c1ccccc1.Cc1ccc2[cH-]c([Si](C)(C)C)cc2c1-c1ccccc1.[Cl][Zr][Cl].[c-]1cccc2c1[Si]c1ccccc1-2. The van der Waals surface area contributed by atoms with Crippen LogP contribution in [0.1, 0.15) is 11.1 Å². The molecule has 0 saturated heterocycles. The van der Waals surface area contributed by atoms with Crippen molar-refractivity contribution in [2.45, 2.75) is 53.1 Å². The average Bonchev–Trinajstić information content (AvgIpc) is 3.92. The maximum atomic E-state index is 4.93. The van der Waals surface area contributed by atoms with Gasteiger partial charge in [-0.2, -0.15) is 41.6 Å². The molecule has 0 unspecified atom stereocenters. The molecule has 2 radical (unpaired) electrons. The molecule has 0 aromatic heterocycles. The Labute approximate surface area is 358 Å². The van der Waals surface area contributed by atoms with Gasteiger partial charge in [0.25, 0.3) is 0 Å². The van der Waals surface area contributed by atoms with E-state index in [1.165, 1.54) is 76.4 Å². The molecule has 0 fully saturated rings. The second kappa shape index (κ2) is 18.5. The van der Waals surface area contributed by atoms with Crippen molar-refractivity contribution in [1.82, 2.24) is 0 Å². The zero-order chi connectivity index (χ0) is 40.0. The molecule has 0 aliphatic carbocycles. The summed E-state index contributed by atoms with van der Waals surface area (Å²) in [7, 11) is 8.15. The number of aryl methyl sites for hydroxylation is 2. The minimum absolute atomic E-state index is 0.795. The van der Waals surface area contributed by atoms with Crippen molar-refractivity contribution in [3.05, 3.63) is 169 Å². The molecule has 0 N–H and O–H groups in total. The van der Waals surface area contributed by atoms with Crippen molar-refractivity contribution in [3.63, 3.8) is 0 Å². The van der Waals surface area contributed by atoms with E-state index in [-0.39, 0.29) is 0 Å². The van der Waals surface area contributed by atoms with Crippen LogP contribution < -0.4 is 20.7 Å². The Morgan fingerprint density at radius 2 is 0.964 bits per heavy atom. The second-order valence-electron chi connectivity index (χ2n) is 16.4. The van der Waals surface area contributed by atoms with Gasteiger partial charge in [-0.25, -0.2) is 0 Å². The van der Waals surface area contributed by atoms with Gasteiger partial charge in [0.1, 0.15) is 0 Å². The van der Waals surface area contributed by atoms with Crippen LogP contribution in [0.5, 0.6) is 0 Å². The van der Waals surface area contributed by atoms with Crippen molar-refractivity contribution in [2.24, 2.45) is 0 Å². The number of halogens is 2. The van der Waals surface area contributed by atoms with E-state index >= 15 is 0 Å². The zero-order valence-corrected chi connectivity index (χ0v) is 40.7. The van der Waals surface area contributed by atoms with Crippen molar-refractivity contribution in [3.8, 4) is 33.4 Å². The van der Waals surface area contributed by atoms with Crippen molar-refractivity contribution in [2.75, 3.05) is 0 Å². The molecule has 1 aliphatic heterocycles. The number of benzene rings is 6. The molecule has 0 bridgehead atoms. The second-order valence-corrected chi connectivity index (χ2v) is 31.6. The van der Waals surface area contributed by atoms with Crippen LogP contribution in [0.2, 0.25) is 39.3 Å². The quantitative estimate of drug-likeness (QED) is 0.122. The first-order valence-electron chi connectivity index (χ1n) is 19.2. The van der Waals surface area contributed by atoms with Gasteiger partial charge >= 0.3 is 37.9 Å². The summed E-state index contributed by atoms with van der Waals surface area (Å²) in [5.74, 6) is 0. The first-order valence-corrected chi connectivity index (χ1v) is 33.5. The van der Waals surface area contributed by atoms with Gasteiger partial charge in [0, 0.05) is 0 Å².